The van der Waals surface area contributed by atoms with Gasteiger partial charge >= 0.3 is 6.03 Å². The number of hydrogen-bond donors (Lipinski definition) is 1. The van der Waals surface area contributed by atoms with Crippen LogP contribution in [0.2, 0.25) is 0 Å². The Labute approximate surface area is 141 Å². The predicted molar refractivity (Wildman–Crippen MR) is 90.3 cm³/mol. The average Bonchev–Trinajstić information content (AvgIpc) is 3.10. The number of rotatable bonds is 4. The Hall–Kier alpha value is -2.56. The summed E-state index contributed by atoms with van der Waals surface area (Å²) < 4.78 is 18.3. The summed E-state index contributed by atoms with van der Waals surface area (Å²) in [6.45, 7) is 1.16. The molecule has 2 aromatic rings. The first kappa shape index (κ1) is 16.3. The average molecular weight is 328 g/mol. The molecule has 1 fully saturated rings. The summed E-state index contributed by atoms with van der Waals surface area (Å²) in [5.41, 5.74) is 1.96. The van der Waals surface area contributed by atoms with Crippen molar-refractivity contribution in [1.82, 2.24) is 10.2 Å². The number of amides is 2. The van der Waals surface area contributed by atoms with Crippen LogP contribution in [0.3, 0.4) is 0 Å². The number of carbonyl (C=O) groups is 1. The standard InChI is InChI=1S/C19H21FN2O2/c1-24-17-5-2-4-14(12-17)13-21-19(23)22-11-3-6-18(22)15-7-9-16(20)10-8-15/h2,4-5,7-10,12,18H,3,6,11,13H2,1H3,(H,21,23)/t18-/m0/s1. The third-order valence-electron chi connectivity index (χ3n) is 4.35. The van der Waals surface area contributed by atoms with Crippen LogP contribution in [0.4, 0.5) is 9.18 Å². The van der Waals surface area contributed by atoms with Gasteiger partial charge in [0.15, 0.2) is 0 Å². The van der Waals surface area contributed by atoms with Crippen LogP contribution in [-0.2, 0) is 6.54 Å². The van der Waals surface area contributed by atoms with E-state index < -0.39 is 0 Å². The maximum atomic E-state index is 13.1. The predicted octanol–water partition coefficient (Wildman–Crippen LogP) is 3.88. The number of likely N-dealkylation sites (tertiary alicyclic amines) is 1. The highest BCUT2D eigenvalue weighted by Gasteiger charge is 2.29. The zero-order valence-electron chi connectivity index (χ0n) is 13.7. The Kier molecular flexibility index (Phi) is 4.99. The van der Waals surface area contributed by atoms with E-state index in [4.69, 9.17) is 4.74 Å². The van der Waals surface area contributed by atoms with Gasteiger partial charge in [0, 0.05) is 13.1 Å². The number of methoxy groups -OCH3 is 1. The topological polar surface area (TPSA) is 41.6 Å². The van der Waals surface area contributed by atoms with Gasteiger partial charge in [-0.2, -0.15) is 0 Å². The quantitative estimate of drug-likeness (QED) is 0.925. The summed E-state index contributed by atoms with van der Waals surface area (Å²) in [5.74, 6) is 0.512. The fraction of sp³-hybridized carbons (Fsp3) is 0.316. The Morgan fingerprint density at radius 3 is 2.83 bits per heavy atom. The second-order valence-corrected chi connectivity index (χ2v) is 5.91. The fourth-order valence-corrected chi connectivity index (χ4v) is 3.10. The fourth-order valence-electron chi connectivity index (χ4n) is 3.10. The zero-order chi connectivity index (χ0) is 16.9. The lowest BCUT2D eigenvalue weighted by atomic mass is 10.0. The van der Waals surface area contributed by atoms with Gasteiger partial charge in [-0.05, 0) is 48.2 Å². The molecule has 0 radical (unpaired) electrons. The third-order valence-corrected chi connectivity index (χ3v) is 4.35. The zero-order valence-corrected chi connectivity index (χ0v) is 13.7. The Bertz CT molecular complexity index is 703. The summed E-state index contributed by atoms with van der Waals surface area (Å²) in [4.78, 5) is 14.4. The van der Waals surface area contributed by atoms with E-state index in [0.29, 0.717) is 13.1 Å². The largest absolute Gasteiger partial charge is 0.497 e. The summed E-state index contributed by atoms with van der Waals surface area (Å²) >= 11 is 0. The molecule has 1 atom stereocenters. The summed E-state index contributed by atoms with van der Waals surface area (Å²) in [7, 11) is 1.62. The molecule has 126 valence electrons. The lowest BCUT2D eigenvalue weighted by molar-refractivity contribution is 0.192. The lowest BCUT2D eigenvalue weighted by Gasteiger charge is -2.25. The first-order valence-electron chi connectivity index (χ1n) is 8.10. The van der Waals surface area contributed by atoms with Gasteiger partial charge in [0.25, 0.3) is 0 Å². The molecule has 24 heavy (non-hydrogen) atoms. The highest BCUT2D eigenvalue weighted by molar-refractivity contribution is 5.75. The molecule has 0 bridgehead atoms. The first-order chi connectivity index (χ1) is 11.7. The highest BCUT2D eigenvalue weighted by Crippen LogP contribution is 2.31. The van der Waals surface area contributed by atoms with Crippen LogP contribution in [0, 0.1) is 5.82 Å². The minimum atomic E-state index is -0.259. The number of urea groups is 1. The SMILES string of the molecule is COc1cccc(CNC(=O)N2CCC[C@H]2c2ccc(F)cc2)c1. The molecule has 0 saturated carbocycles. The Morgan fingerprint density at radius 1 is 1.29 bits per heavy atom. The van der Waals surface area contributed by atoms with Crippen molar-refractivity contribution in [3.63, 3.8) is 0 Å². The lowest BCUT2D eigenvalue weighted by Crippen LogP contribution is -2.39. The van der Waals surface area contributed by atoms with Crippen molar-refractivity contribution in [3.05, 3.63) is 65.5 Å². The van der Waals surface area contributed by atoms with Gasteiger partial charge in [-0.25, -0.2) is 9.18 Å². The molecule has 1 saturated heterocycles. The van der Waals surface area contributed by atoms with Crippen LogP contribution in [-0.4, -0.2) is 24.6 Å². The minimum absolute atomic E-state index is 0.0101. The van der Waals surface area contributed by atoms with Crippen molar-refractivity contribution in [1.29, 1.82) is 0 Å². The maximum absolute atomic E-state index is 13.1. The van der Waals surface area contributed by atoms with Crippen molar-refractivity contribution >= 4 is 6.03 Å². The molecule has 3 rings (SSSR count). The smallest absolute Gasteiger partial charge is 0.318 e. The number of hydrogen-bond acceptors (Lipinski definition) is 2. The number of carbonyl (C=O) groups excluding carboxylic acids is 1. The van der Waals surface area contributed by atoms with Crippen molar-refractivity contribution < 1.29 is 13.9 Å². The van der Waals surface area contributed by atoms with Crippen molar-refractivity contribution in [2.75, 3.05) is 13.7 Å². The van der Waals surface area contributed by atoms with Crippen LogP contribution in [0.1, 0.15) is 30.0 Å². The summed E-state index contributed by atoms with van der Waals surface area (Å²) in [5, 5.41) is 2.96. The molecule has 0 unspecified atom stereocenters. The maximum Gasteiger partial charge on any atom is 0.318 e. The van der Waals surface area contributed by atoms with Crippen LogP contribution in [0.5, 0.6) is 5.75 Å². The molecule has 2 amide bonds. The molecule has 1 heterocycles. The van der Waals surface area contributed by atoms with Crippen molar-refractivity contribution in [2.24, 2.45) is 0 Å². The Balaban J connectivity index is 1.64. The van der Waals surface area contributed by atoms with Gasteiger partial charge in [-0.15, -0.1) is 0 Å². The van der Waals surface area contributed by atoms with Crippen LogP contribution >= 0.6 is 0 Å². The van der Waals surface area contributed by atoms with E-state index in [0.717, 1.165) is 29.7 Å². The van der Waals surface area contributed by atoms with E-state index in [1.54, 1.807) is 19.2 Å². The van der Waals surface area contributed by atoms with E-state index in [-0.39, 0.29) is 17.9 Å². The van der Waals surface area contributed by atoms with Crippen LogP contribution in [0.15, 0.2) is 48.5 Å². The summed E-state index contributed by atoms with van der Waals surface area (Å²) in [6.07, 6.45) is 1.85. The van der Waals surface area contributed by atoms with E-state index in [1.165, 1.54) is 12.1 Å². The molecular formula is C19H21FN2O2. The van der Waals surface area contributed by atoms with Gasteiger partial charge in [-0.3, -0.25) is 0 Å². The molecule has 1 aliphatic heterocycles. The van der Waals surface area contributed by atoms with E-state index in [1.807, 2.05) is 29.2 Å². The van der Waals surface area contributed by atoms with Gasteiger partial charge in [0.2, 0.25) is 0 Å². The molecule has 5 heteroatoms. The van der Waals surface area contributed by atoms with E-state index in [2.05, 4.69) is 5.32 Å². The highest BCUT2D eigenvalue weighted by atomic mass is 19.1. The second kappa shape index (κ2) is 7.34. The monoisotopic (exact) mass is 328 g/mol. The second-order valence-electron chi connectivity index (χ2n) is 5.91. The van der Waals surface area contributed by atoms with Gasteiger partial charge in [0.05, 0.1) is 13.2 Å². The van der Waals surface area contributed by atoms with E-state index >= 15 is 0 Å². The normalized spacial score (nSPS) is 16.9. The first-order valence-corrected chi connectivity index (χ1v) is 8.10. The van der Waals surface area contributed by atoms with Crippen LogP contribution in [0.25, 0.3) is 0 Å². The number of nitrogens with zero attached hydrogens (tertiary/aromatic N) is 1. The minimum Gasteiger partial charge on any atom is -0.497 e. The van der Waals surface area contributed by atoms with Gasteiger partial charge in [-0.1, -0.05) is 24.3 Å². The number of nitrogens with one attached hydrogen (secondary N) is 1. The van der Waals surface area contributed by atoms with E-state index in [9.17, 15) is 9.18 Å². The van der Waals surface area contributed by atoms with Crippen molar-refractivity contribution in [2.45, 2.75) is 25.4 Å². The molecule has 0 aliphatic carbocycles. The molecule has 4 nitrogen and oxygen atoms in total. The third kappa shape index (κ3) is 3.67. The van der Waals surface area contributed by atoms with Crippen molar-refractivity contribution in [3.8, 4) is 5.75 Å². The Morgan fingerprint density at radius 2 is 2.08 bits per heavy atom. The molecule has 1 aliphatic rings. The van der Waals surface area contributed by atoms with Crippen LogP contribution < -0.4 is 10.1 Å². The molecule has 2 aromatic carbocycles. The number of benzene rings is 2. The number of ether oxygens (including phenoxy) is 1. The molecule has 1 N–H and O–H groups in total. The molecule has 0 spiro atoms. The van der Waals surface area contributed by atoms with Gasteiger partial charge in [0.1, 0.15) is 11.6 Å². The molecule has 0 aromatic heterocycles. The number of halogens is 1. The van der Waals surface area contributed by atoms with Gasteiger partial charge < -0.3 is 15.0 Å². The molecular weight excluding hydrogens is 307 g/mol. The summed E-state index contributed by atoms with van der Waals surface area (Å²) in [6, 6.07) is 13.9.